The monoisotopic (exact) mass is 374 g/mol. The van der Waals surface area contributed by atoms with E-state index in [2.05, 4.69) is 11.9 Å². The number of carbonyl (C=O) groups is 2. The van der Waals surface area contributed by atoms with Gasteiger partial charge in [-0.25, -0.2) is 9.78 Å². The number of aromatic nitrogens is 1. The van der Waals surface area contributed by atoms with E-state index >= 15 is 0 Å². The van der Waals surface area contributed by atoms with E-state index in [0.29, 0.717) is 11.8 Å². The van der Waals surface area contributed by atoms with Crippen molar-refractivity contribution in [1.82, 2.24) is 4.98 Å². The average Bonchev–Trinajstić information content (AvgIpc) is 3.07. The van der Waals surface area contributed by atoms with E-state index in [-0.39, 0.29) is 12.5 Å². The molecular weight excluding hydrogens is 356 g/mol. The third-order valence-corrected chi connectivity index (χ3v) is 5.67. The van der Waals surface area contributed by atoms with Gasteiger partial charge in [-0.1, -0.05) is 19.1 Å². The first-order chi connectivity index (χ1) is 12.1. The summed E-state index contributed by atoms with van der Waals surface area (Å²) < 4.78 is 5.09. The Morgan fingerprint density at radius 3 is 3.04 bits per heavy atom. The van der Waals surface area contributed by atoms with Gasteiger partial charge < -0.3 is 9.64 Å². The minimum atomic E-state index is -0.547. The number of esters is 1. The van der Waals surface area contributed by atoms with E-state index in [1.54, 1.807) is 28.9 Å². The predicted molar refractivity (Wildman–Crippen MR) is 101 cm³/mol. The van der Waals surface area contributed by atoms with Gasteiger partial charge in [0.25, 0.3) is 5.91 Å². The smallest absolute Gasteiger partial charge is 0.331 e. The van der Waals surface area contributed by atoms with Crippen LogP contribution in [0, 0.1) is 0 Å². The maximum absolute atomic E-state index is 12.6. The maximum Gasteiger partial charge on any atom is 0.331 e. The summed E-state index contributed by atoms with van der Waals surface area (Å²) in [5.41, 5.74) is 0.885. The molecule has 7 heteroatoms. The molecule has 1 aromatic carbocycles. The Balaban J connectivity index is 1.62. The zero-order chi connectivity index (χ0) is 17.6. The van der Waals surface area contributed by atoms with Gasteiger partial charge in [0.05, 0.1) is 5.69 Å². The van der Waals surface area contributed by atoms with Crippen LogP contribution in [-0.4, -0.2) is 35.3 Å². The van der Waals surface area contributed by atoms with Gasteiger partial charge in [-0.2, -0.15) is 0 Å². The van der Waals surface area contributed by atoms with E-state index in [1.165, 1.54) is 17.4 Å². The standard InChI is InChI=1S/C18H18N2O3S2/c1-13-8-10-20(14-4-2-3-5-15(14)25-13)17(21)12-23-18(22)7-6-16-19-9-11-24-16/h2-7,9,11,13H,8,10,12H2,1H3. The lowest BCUT2D eigenvalue weighted by molar-refractivity contribution is -0.142. The molecule has 0 spiro atoms. The van der Waals surface area contributed by atoms with Crippen molar-refractivity contribution in [1.29, 1.82) is 0 Å². The highest BCUT2D eigenvalue weighted by molar-refractivity contribution is 8.00. The van der Waals surface area contributed by atoms with E-state index in [1.807, 2.05) is 29.6 Å². The number of fused-ring (bicyclic) bond motifs is 1. The molecule has 0 fully saturated rings. The second-order valence-electron chi connectivity index (χ2n) is 5.54. The summed E-state index contributed by atoms with van der Waals surface area (Å²) in [7, 11) is 0. The summed E-state index contributed by atoms with van der Waals surface area (Å²) in [5, 5.41) is 2.98. The molecule has 0 saturated carbocycles. The zero-order valence-corrected chi connectivity index (χ0v) is 15.4. The highest BCUT2D eigenvalue weighted by atomic mass is 32.2. The van der Waals surface area contributed by atoms with E-state index in [4.69, 9.17) is 4.74 Å². The van der Waals surface area contributed by atoms with Crippen LogP contribution < -0.4 is 4.90 Å². The largest absolute Gasteiger partial charge is 0.452 e. The Hall–Kier alpha value is -2.12. The molecule has 1 aliphatic heterocycles. The molecule has 1 atom stereocenters. The van der Waals surface area contributed by atoms with Crippen LogP contribution in [0.3, 0.4) is 0 Å². The second-order valence-corrected chi connectivity index (χ2v) is 7.95. The summed E-state index contributed by atoms with van der Waals surface area (Å²) in [5.74, 6) is -0.757. The molecule has 3 rings (SSSR count). The van der Waals surface area contributed by atoms with Gasteiger partial charge in [0.15, 0.2) is 6.61 Å². The fourth-order valence-electron chi connectivity index (χ4n) is 2.46. The van der Waals surface area contributed by atoms with Crippen LogP contribution in [0.4, 0.5) is 5.69 Å². The number of para-hydroxylation sites is 1. The topological polar surface area (TPSA) is 59.5 Å². The van der Waals surface area contributed by atoms with E-state index in [9.17, 15) is 9.59 Å². The molecule has 1 unspecified atom stereocenters. The summed E-state index contributed by atoms with van der Waals surface area (Å²) in [6.07, 6.45) is 5.43. The SMILES string of the molecule is CC1CCN(C(=O)COC(=O)C=Cc2nccs2)c2ccccc2S1. The van der Waals surface area contributed by atoms with Crippen molar-refractivity contribution in [3.63, 3.8) is 0 Å². The minimum absolute atomic E-state index is 0.210. The van der Waals surface area contributed by atoms with Crippen LogP contribution >= 0.6 is 23.1 Å². The van der Waals surface area contributed by atoms with Gasteiger partial charge in [0, 0.05) is 34.3 Å². The molecule has 0 N–H and O–H groups in total. The van der Waals surface area contributed by atoms with Crippen LogP contribution in [0.25, 0.3) is 6.08 Å². The number of hydrogen-bond donors (Lipinski definition) is 0. The summed E-state index contributed by atoms with van der Waals surface area (Å²) in [6, 6.07) is 7.84. The third kappa shape index (κ3) is 4.70. The predicted octanol–water partition coefficient (Wildman–Crippen LogP) is 3.62. The van der Waals surface area contributed by atoms with Crippen molar-refractivity contribution < 1.29 is 14.3 Å². The maximum atomic E-state index is 12.6. The molecule has 0 bridgehead atoms. The number of amides is 1. The highest BCUT2D eigenvalue weighted by Gasteiger charge is 2.24. The van der Waals surface area contributed by atoms with Gasteiger partial charge in [-0.3, -0.25) is 4.79 Å². The first-order valence-corrected chi connectivity index (χ1v) is 9.70. The second kappa shape index (κ2) is 8.31. The lowest BCUT2D eigenvalue weighted by atomic mass is 10.2. The van der Waals surface area contributed by atoms with E-state index < -0.39 is 5.97 Å². The van der Waals surface area contributed by atoms with Crippen LogP contribution in [-0.2, 0) is 14.3 Å². The minimum Gasteiger partial charge on any atom is -0.452 e. The number of rotatable bonds is 4. The zero-order valence-electron chi connectivity index (χ0n) is 13.8. The van der Waals surface area contributed by atoms with Crippen molar-refractivity contribution >= 4 is 46.7 Å². The molecule has 130 valence electrons. The number of hydrogen-bond acceptors (Lipinski definition) is 6. The Bertz CT molecular complexity index is 774. The molecule has 0 saturated heterocycles. The van der Waals surface area contributed by atoms with Crippen molar-refractivity contribution in [3.8, 4) is 0 Å². The van der Waals surface area contributed by atoms with Crippen molar-refractivity contribution in [3.05, 3.63) is 46.9 Å². The number of thioether (sulfide) groups is 1. The highest BCUT2D eigenvalue weighted by Crippen LogP contribution is 2.37. The first kappa shape index (κ1) is 17.7. The Morgan fingerprint density at radius 2 is 2.24 bits per heavy atom. The molecule has 25 heavy (non-hydrogen) atoms. The number of carbonyl (C=O) groups excluding carboxylic acids is 2. The number of thiazole rings is 1. The Labute approximate surface area is 154 Å². The molecule has 1 amide bonds. The number of ether oxygens (including phenoxy) is 1. The molecular formula is C18H18N2O3S2. The molecule has 5 nitrogen and oxygen atoms in total. The number of anilines is 1. The lowest BCUT2D eigenvalue weighted by Crippen LogP contribution is -2.35. The molecule has 1 aliphatic rings. The fraction of sp³-hybridized carbons (Fsp3) is 0.278. The molecule has 0 aliphatic carbocycles. The van der Waals surface area contributed by atoms with Crippen molar-refractivity contribution in [2.45, 2.75) is 23.5 Å². The number of benzene rings is 1. The fourth-order valence-corrected chi connectivity index (χ4v) is 4.10. The van der Waals surface area contributed by atoms with Crippen molar-refractivity contribution in [2.24, 2.45) is 0 Å². The average molecular weight is 374 g/mol. The van der Waals surface area contributed by atoms with Gasteiger partial charge in [0.1, 0.15) is 5.01 Å². The molecule has 0 radical (unpaired) electrons. The van der Waals surface area contributed by atoms with Gasteiger partial charge in [-0.05, 0) is 24.6 Å². The lowest BCUT2D eigenvalue weighted by Gasteiger charge is -2.22. The first-order valence-electron chi connectivity index (χ1n) is 7.94. The molecule has 2 aromatic rings. The quantitative estimate of drug-likeness (QED) is 0.604. The normalized spacial score (nSPS) is 17.2. The van der Waals surface area contributed by atoms with Gasteiger partial charge >= 0.3 is 5.97 Å². The van der Waals surface area contributed by atoms with Gasteiger partial charge in [0.2, 0.25) is 0 Å². The summed E-state index contributed by atoms with van der Waals surface area (Å²) >= 11 is 3.19. The van der Waals surface area contributed by atoms with E-state index in [0.717, 1.165) is 22.0 Å². The van der Waals surface area contributed by atoms with Crippen LogP contribution in [0.5, 0.6) is 0 Å². The van der Waals surface area contributed by atoms with Crippen molar-refractivity contribution in [2.75, 3.05) is 18.1 Å². The summed E-state index contributed by atoms with van der Waals surface area (Å²) in [4.78, 5) is 31.2. The van der Waals surface area contributed by atoms with Crippen LogP contribution in [0.2, 0.25) is 0 Å². The Kier molecular flexibility index (Phi) is 5.88. The summed E-state index contributed by atoms with van der Waals surface area (Å²) in [6.45, 7) is 2.50. The van der Waals surface area contributed by atoms with Gasteiger partial charge in [-0.15, -0.1) is 23.1 Å². The number of nitrogens with zero attached hydrogens (tertiary/aromatic N) is 2. The molecule has 2 heterocycles. The van der Waals surface area contributed by atoms with Crippen LogP contribution in [0.1, 0.15) is 18.4 Å². The Morgan fingerprint density at radius 1 is 1.40 bits per heavy atom. The van der Waals surface area contributed by atoms with Crippen LogP contribution in [0.15, 0.2) is 46.8 Å². The molecule has 1 aromatic heterocycles. The third-order valence-electron chi connectivity index (χ3n) is 3.70.